The van der Waals surface area contributed by atoms with Crippen molar-refractivity contribution in [1.29, 1.82) is 0 Å². The van der Waals surface area contributed by atoms with Gasteiger partial charge in [0, 0.05) is 32.4 Å². The van der Waals surface area contributed by atoms with Crippen molar-refractivity contribution in [3.63, 3.8) is 0 Å². The highest BCUT2D eigenvalue weighted by atomic mass is 16.4. The van der Waals surface area contributed by atoms with Crippen LogP contribution in [0.2, 0.25) is 0 Å². The number of carboxylic acids is 1. The van der Waals surface area contributed by atoms with Crippen LogP contribution in [-0.4, -0.2) is 76.2 Å². The average molecular weight is 293 g/mol. The first-order chi connectivity index (χ1) is 10.1. The standard InChI is InChI=1S/C14H19N3O4/c18-9-8-16-4-1-5-17(7-6-16)13(19)12-3-2-11(10-15-12)14(20)21/h2-3,10,18H,1,4-9H2,(H,20,21). The topological polar surface area (TPSA) is 94.0 Å². The lowest BCUT2D eigenvalue weighted by molar-refractivity contribution is 0.0692. The van der Waals surface area contributed by atoms with Crippen molar-refractivity contribution in [2.24, 2.45) is 0 Å². The maximum atomic E-state index is 12.3. The SMILES string of the molecule is O=C(O)c1ccc(C(=O)N2CCCN(CCO)CC2)nc1. The van der Waals surface area contributed by atoms with Gasteiger partial charge in [0.1, 0.15) is 5.69 Å². The highest BCUT2D eigenvalue weighted by Crippen LogP contribution is 2.08. The Morgan fingerprint density at radius 3 is 2.62 bits per heavy atom. The summed E-state index contributed by atoms with van der Waals surface area (Å²) in [6.45, 7) is 3.54. The number of β-amino-alcohol motifs (C(OH)–C–C–N with tert-alkyl or cyclic N) is 1. The van der Waals surface area contributed by atoms with E-state index in [4.69, 9.17) is 10.2 Å². The number of pyridine rings is 1. The number of aliphatic hydroxyl groups excluding tert-OH is 1. The van der Waals surface area contributed by atoms with Crippen molar-refractivity contribution in [1.82, 2.24) is 14.8 Å². The van der Waals surface area contributed by atoms with Gasteiger partial charge in [0.25, 0.3) is 5.91 Å². The number of carbonyl (C=O) groups excluding carboxylic acids is 1. The third-order valence-electron chi connectivity index (χ3n) is 3.52. The first kappa shape index (κ1) is 15.4. The van der Waals surface area contributed by atoms with Gasteiger partial charge in [-0.05, 0) is 25.1 Å². The zero-order valence-electron chi connectivity index (χ0n) is 11.7. The molecular weight excluding hydrogens is 274 g/mol. The van der Waals surface area contributed by atoms with E-state index in [0.29, 0.717) is 19.6 Å². The summed E-state index contributed by atoms with van der Waals surface area (Å²) in [5, 5.41) is 17.8. The number of aromatic nitrogens is 1. The summed E-state index contributed by atoms with van der Waals surface area (Å²) in [7, 11) is 0. The van der Waals surface area contributed by atoms with Gasteiger partial charge >= 0.3 is 5.97 Å². The molecule has 1 aliphatic rings. The molecule has 0 aliphatic carbocycles. The van der Waals surface area contributed by atoms with Gasteiger partial charge in [-0.25, -0.2) is 4.79 Å². The number of amides is 1. The maximum absolute atomic E-state index is 12.3. The van der Waals surface area contributed by atoms with Crippen LogP contribution in [-0.2, 0) is 0 Å². The summed E-state index contributed by atoms with van der Waals surface area (Å²) in [6.07, 6.45) is 2.05. The minimum atomic E-state index is -1.06. The molecule has 1 aromatic rings. The number of hydrogen-bond acceptors (Lipinski definition) is 5. The third kappa shape index (κ3) is 3.99. The Balaban J connectivity index is 2.00. The van der Waals surface area contributed by atoms with Crippen LogP contribution < -0.4 is 0 Å². The van der Waals surface area contributed by atoms with E-state index >= 15 is 0 Å². The summed E-state index contributed by atoms with van der Waals surface area (Å²) in [6, 6.07) is 2.83. The first-order valence-electron chi connectivity index (χ1n) is 6.93. The summed E-state index contributed by atoms with van der Waals surface area (Å²) >= 11 is 0. The van der Waals surface area contributed by atoms with E-state index in [1.807, 2.05) is 0 Å². The number of hydrogen-bond donors (Lipinski definition) is 2. The molecule has 1 aromatic heterocycles. The normalized spacial score (nSPS) is 16.5. The van der Waals surface area contributed by atoms with Crippen molar-refractivity contribution in [3.05, 3.63) is 29.6 Å². The van der Waals surface area contributed by atoms with Gasteiger partial charge in [0.15, 0.2) is 0 Å². The quantitative estimate of drug-likeness (QED) is 0.806. The highest BCUT2D eigenvalue weighted by Gasteiger charge is 2.21. The number of carboxylic acid groups (broad SMARTS) is 1. The maximum Gasteiger partial charge on any atom is 0.337 e. The van der Waals surface area contributed by atoms with Gasteiger partial charge in [-0.2, -0.15) is 0 Å². The highest BCUT2D eigenvalue weighted by molar-refractivity contribution is 5.93. The molecule has 21 heavy (non-hydrogen) atoms. The predicted octanol–water partition coefficient (Wildman–Crippen LogP) is -0.0800. The Hall–Kier alpha value is -1.99. The fraction of sp³-hybridized carbons (Fsp3) is 0.500. The predicted molar refractivity (Wildman–Crippen MR) is 75.2 cm³/mol. The lowest BCUT2D eigenvalue weighted by Crippen LogP contribution is -2.36. The molecule has 2 heterocycles. The smallest absolute Gasteiger partial charge is 0.337 e. The molecule has 0 spiro atoms. The van der Waals surface area contributed by atoms with Crippen molar-refractivity contribution in [2.45, 2.75) is 6.42 Å². The van der Waals surface area contributed by atoms with E-state index < -0.39 is 5.97 Å². The molecule has 0 atom stereocenters. The monoisotopic (exact) mass is 293 g/mol. The molecular formula is C14H19N3O4. The van der Waals surface area contributed by atoms with Gasteiger partial charge in [-0.1, -0.05) is 0 Å². The fourth-order valence-electron chi connectivity index (χ4n) is 2.35. The molecule has 0 radical (unpaired) electrons. The number of rotatable bonds is 4. The van der Waals surface area contributed by atoms with Crippen molar-refractivity contribution in [2.75, 3.05) is 39.3 Å². The number of aliphatic hydroxyl groups is 1. The summed E-state index contributed by atoms with van der Waals surface area (Å²) < 4.78 is 0. The van der Waals surface area contributed by atoms with E-state index in [-0.39, 0.29) is 23.8 Å². The zero-order chi connectivity index (χ0) is 15.2. The fourth-order valence-corrected chi connectivity index (χ4v) is 2.35. The van der Waals surface area contributed by atoms with Crippen LogP contribution in [0.25, 0.3) is 0 Å². The molecule has 0 aromatic carbocycles. The summed E-state index contributed by atoms with van der Waals surface area (Å²) in [4.78, 5) is 30.9. The number of aromatic carboxylic acids is 1. The van der Waals surface area contributed by atoms with Gasteiger partial charge in [0.2, 0.25) is 0 Å². The molecule has 1 aliphatic heterocycles. The lowest BCUT2D eigenvalue weighted by atomic mass is 10.2. The van der Waals surface area contributed by atoms with Crippen molar-refractivity contribution in [3.8, 4) is 0 Å². The Kier molecular flexibility index (Phi) is 5.24. The van der Waals surface area contributed by atoms with Crippen molar-refractivity contribution >= 4 is 11.9 Å². The van der Waals surface area contributed by atoms with Crippen LogP contribution in [0.1, 0.15) is 27.3 Å². The van der Waals surface area contributed by atoms with Gasteiger partial charge < -0.3 is 15.1 Å². The molecule has 1 amide bonds. The minimum Gasteiger partial charge on any atom is -0.478 e. The van der Waals surface area contributed by atoms with Gasteiger partial charge in [-0.15, -0.1) is 0 Å². The second-order valence-corrected chi connectivity index (χ2v) is 4.95. The molecule has 7 nitrogen and oxygen atoms in total. The zero-order valence-corrected chi connectivity index (χ0v) is 11.7. The van der Waals surface area contributed by atoms with E-state index in [0.717, 1.165) is 19.5 Å². The molecule has 0 bridgehead atoms. The average Bonchev–Trinajstić information content (AvgIpc) is 2.73. The van der Waals surface area contributed by atoms with Crippen LogP contribution in [0.15, 0.2) is 18.3 Å². The van der Waals surface area contributed by atoms with Gasteiger partial charge in [-0.3, -0.25) is 14.7 Å². The third-order valence-corrected chi connectivity index (χ3v) is 3.52. The Morgan fingerprint density at radius 1 is 1.19 bits per heavy atom. The van der Waals surface area contributed by atoms with E-state index in [1.54, 1.807) is 4.90 Å². The summed E-state index contributed by atoms with van der Waals surface area (Å²) in [5.41, 5.74) is 0.326. The second-order valence-electron chi connectivity index (χ2n) is 4.95. The van der Waals surface area contributed by atoms with Crippen LogP contribution in [0.3, 0.4) is 0 Å². The molecule has 0 unspecified atom stereocenters. The molecule has 2 N–H and O–H groups in total. The lowest BCUT2D eigenvalue weighted by Gasteiger charge is -2.21. The molecule has 7 heteroatoms. The first-order valence-corrected chi connectivity index (χ1v) is 6.93. The Bertz CT molecular complexity index is 503. The number of carbonyl (C=O) groups is 2. The Labute approximate surface area is 122 Å². The second kappa shape index (κ2) is 7.14. The van der Waals surface area contributed by atoms with Gasteiger partial charge in [0.05, 0.1) is 12.2 Å². The van der Waals surface area contributed by atoms with Crippen molar-refractivity contribution < 1.29 is 19.8 Å². The van der Waals surface area contributed by atoms with E-state index in [9.17, 15) is 9.59 Å². The molecule has 1 fully saturated rings. The molecule has 2 rings (SSSR count). The largest absolute Gasteiger partial charge is 0.478 e. The molecule has 1 saturated heterocycles. The Morgan fingerprint density at radius 2 is 2.00 bits per heavy atom. The van der Waals surface area contributed by atoms with E-state index in [2.05, 4.69) is 9.88 Å². The molecule has 114 valence electrons. The van der Waals surface area contributed by atoms with Crippen LogP contribution in [0.5, 0.6) is 0 Å². The molecule has 0 saturated carbocycles. The van der Waals surface area contributed by atoms with E-state index in [1.165, 1.54) is 18.3 Å². The van der Waals surface area contributed by atoms with Crippen LogP contribution in [0.4, 0.5) is 0 Å². The number of nitrogens with zero attached hydrogens (tertiary/aromatic N) is 3. The van der Waals surface area contributed by atoms with Crippen LogP contribution in [0, 0.1) is 0 Å². The summed E-state index contributed by atoms with van der Waals surface area (Å²) in [5.74, 6) is -1.24. The van der Waals surface area contributed by atoms with Crippen LogP contribution >= 0.6 is 0 Å². The minimum absolute atomic E-state index is 0.0662.